The lowest BCUT2D eigenvalue weighted by molar-refractivity contribution is -0.132. The average molecular weight is 211 g/mol. The van der Waals surface area contributed by atoms with Crippen LogP contribution in [0.25, 0.3) is 0 Å². The Bertz CT molecular complexity index is 237. The molecule has 88 valence electrons. The summed E-state index contributed by atoms with van der Waals surface area (Å²) in [5, 5.41) is 0. The smallest absolute Gasteiger partial charge is 0.219 e. The van der Waals surface area contributed by atoms with Gasteiger partial charge in [0.2, 0.25) is 5.91 Å². The Labute approximate surface area is 94.0 Å². The van der Waals surface area contributed by atoms with Crippen LogP contribution in [0.3, 0.4) is 0 Å². The van der Waals surface area contributed by atoms with Crippen molar-refractivity contribution in [1.82, 2.24) is 4.90 Å². The molecule has 1 aliphatic heterocycles. The number of carbonyl (C=O) groups is 1. The number of amides is 1. The van der Waals surface area contributed by atoms with Gasteiger partial charge in [-0.2, -0.15) is 0 Å². The highest BCUT2D eigenvalue weighted by molar-refractivity contribution is 5.73. The fraction of sp³-hybridized carbons (Fsp3) is 0.923. The van der Waals surface area contributed by atoms with Gasteiger partial charge >= 0.3 is 0 Å². The molecule has 0 spiro atoms. The number of piperidine rings is 1. The summed E-state index contributed by atoms with van der Waals surface area (Å²) in [5.74, 6) is 0.228. The van der Waals surface area contributed by atoms with Crippen LogP contribution in [0, 0.1) is 10.8 Å². The van der Waals surface area contributed by atoms with E-state index in [1.54, 1.807) is 6.92 Å². The second-order valence-electron chi connectivity index (χ2n) is 5.80. The quantitative estimate of drug-likeness (QED) is 0.687. The highest BCUT2D eigenvalue weighted by Crippen LogP contribution is 2.48. The van der Waals surface area contributed by atoms with Crippen molar-refractivity contribution >= 4 is 5.91 Å². The first-order valence-electron chi connectivity index (χ1n) is 6.08. The van der Waals surface area contributed by atoms with E-state index in [0.717, 1.165) is 25.9 Å². The Morgan fingerprint density at radius 1 is 1.33 bits per heavy atom. The zero-order valence-electron chi connectivity index (χ0n) is 10.9. The number of likely N-dealkylation sites (tertiary alicyclic amines) is 1. The molecular weight excluding hydrogens is 186 g/mol. The third-order valence-electron chi connectivity index (χ3n) is 4.83. The van der Waals surface area contributed by atoms with Gasteiger partial charge in [-0.15, -0.1) is 0 Å². The fourth-order valence-electron chi connectivity index (χ4n) is 2.42. The number of rotatable bonds is 2. The Kier molecular flexibility index (Phi) is 3.47. The molecule has 1 amide bonds. The van der Waals surface area contributed by atoms with Gasteiger partial charge in [0.15, 0.2) is 0 Å². The summed E-state index contributed by atoms with van der Waals surface area (Å²) in [6.45, 7) is 12.9. The Balaban J connectivity index is 2.66. The fourth-order valence-corrected chi connectivity index (χ4v) is 2.42. The summed E-state index contributed by atoms with van der Waals surface area (Å²) in [6.07, 6.45) is 3.50. The molecule has 1 aliphatic rings. The maximum absolute atomic E-state index is 11.3. The van der Waals surface area contributed by atoms with Crippen molar-refractivity contribution in [3.05, 3.63) is 0 Å². The van der Waals surface area contributed by atoms with Crippen molar-refractivity contribution in [2.45, 2.75) is 53.9 Å². The maximum Gasteiger partial charge on any atom is 0.219 e. The minimum atomic E-state index is 0.228. The van der Waals surface area contributed by atoms with Gasteiger partial charge in [-0.1, -0.05) is 34.1 Å². The molecule has 0 N–H and O–H groups in total. The first-order chi connectivity index (χ1) is 6.82. The largest absolute Gasteiger partial charge is 0.343 e. The van der Waals surface area contributed by atoms with Gasteiger partial charge in [0, 0.05) is 20.0 Å². The topological polar surface area (TPSA) is 20.3 Å². The van der Waals surface area contributed by atoms with Crippen LogP contribution >= 0.6 is 0 Å². The van der Waals surface area contributed by atoms with Crippen molar-refractivity contribution in [3.8, 4) is 0 Å². The lowest BCUT2D eigenvalue weighted by atomic mass is 9.60. The number of hydrogen-bond acceptors (Lipinski definition) is 1. The van der Waals surface area contributed by atoms with Crippen LogP contribution < -0.4 is 0 Å². The van der Waals surface area contributed by atoms with Gasteiger partial charge < -0.3 is 4.90 Å². The van der Waals surface area contributed by atoms with Crippen molar-refractivity contribution in [1.29, 1.82) is 0 Å². The molecule has 0 atom stereocenters. The van der Waals surface area contributed by atoms with Gasteiger partial charge in [-0.05, 0) is 23.7 Å². The lowest BCUT2D eigenvalue weighted by Gasteiger charge is -2.49. The third-order valence-corrected chi connectivity index (χ3v) is 4.83. The molecule has 0 bridgehead atoms. The predicted molar refractivity (Wildman–Crippen MR) is 63.7 cm³/mol. The van der Waals surface area contributed by atoms with Crippen LogP contribution in [-0.4, -0.2) is 23.9 Å². The van der Waals surface area contributed by atoms with E-state index in [0.29, 0.717) is 10.8 Å². The van der Waals surface area contributed by atoms with E-state index in [-0.39, 0.29) is 5.91 Å². The zero-order chi connectivity index (χ0) is 11.7. The van der Waals surface area contributed by atoms with E-state index in [4.69, 9.17) is 0 Å². The molecular formula is C13H25NO. The van der Waals surface area contributed by atoms with Crippen LogP contribution in [0.2, 0.25) is 0 Å². The molecule has 2 heteroatoms. The summed E-state index contributed by atoms with van der Waals surface area (Å²) in [4.78, 5) is 13.2. The average Bonchev–Trinajstić information content (AvgIpc) is 2.18. The monoisotopic (exact) mass is 211 g/mol. The predicted octanol–water partition coefficient (Wildman–Crippen LogP) is 3.07. The zero-order valence-corrected chi connectivity index (χ0v) is 10.9. The lowest BCUT2D eigenvalue weighted by Crippen LogP contribution is -2.47. The van der Waals surface area contributed by atoms with E-state index in [1.807, 2.05) is 4.90 Å². The van der Waals surface area contributed by atoms with Gasteiger partial charge in [0.25, 0.3) is 0 Å². The standard InChI is InChI=1S/C13H25NO/c1-6-12(3,4)13(5)7-9-14(10-8-13)11(2)15/h6-10H2,1-5H3. The molecule has 0 aromatic rings. The highest BCUT2D eigenvalue weighted by atomic mass is 16.2. The van der Waals surface area contributed by atoms with Crippen LogP contribution in [-0.2, 0) is 4.79 Å². The first kappa shape index (κ1) is 12.5. The van der Waals surface area contributed by atoms with E-state index in [9.17, 15) is 4.79 Å². The molecule has 0 saturated carbocycles. The first-order valence-corrected chi connectivity index (χ1v) is 6.08. The van der Waals surface area contributed by atoms with Crippen LogP contribution in [0.15, 0.2) is 0 Å². The summed E-state index contributed by atoms with van der Waals surface area (Å²) < 4.78 is 0. The van der Waals surface area contributed by atoms with Gasteiger partial charge in [0.1, 0.15) is 0 Å². The normalized spacial score (nSPS) is 21.5. The molecule has 1 saturated heterocycles. The van der Waals surface area contributed by atoms with Crippen molar-refractivity contribution < 1.29 is 4.79 Å². The molecule has 0 aliphatic carbocycles. The van der Waals surface area contributed by atoms with E-state index in [1.165, 1.54) is 6.42 Å². The van der Waals surface area contributed by atoms with Gasteiger partial charge in [0.05, 0.1) is 0 Å². The minimum Gasteiger partial charge on any atom is -0.343 e. The molecule has 2 nitrogen and oxygen atoms in total. The van der Waals surface area contributed by atoms with Crippen LogP contribution in [0.4, 0.5) is 0 Å². The maximum atomic E-state index is 11.3. The molecule has 1 fully saturated rings. The summed E-state index contributed by atoms with van der Waals surface area (Å²) in [5.41, 5.74) is 0.781. The van der Waals surface area contributed by atoms with Crippen molar-refractivity contribution in [2.75, 3.05) is 13.1 Å². The number of hydrogen-bond donors (Lipinski definition) is 0. The molecule has 1 heterocycles. The van der Waals surface area contributed by atoms with Gasteiger partial charge in [-0.3, -0.25) is 4.79 Å². The van der Waals surface area contributed by atoms with E-state index < -0.39 is 0 Å². The van der Waals surface area contributed by atoms with E-state index >= 15 is 0 Å². The third kappa shape index (κ3) is 2.35. The molecule has 0 radical (unpaired) electrons. The number of nitrogens with zero attached hydrogens (tertiary/aromatic N) is 1. The van der Waals surface area contributed by atoms with Gasteiger partial charge in [-0.25, -0.2) is 0 Å². The second-order valence-corrected chi connectivity index (χ2v) is 5.80. The Morgan fingerprint density at radius 2 is 1.80 bits per heavy atom. The molecule has 0 unspecified atom stereocenters. The molecule has 0 aromatic carbocycles. The summed E-state index contributed by atoms with van der Waals surface area (Å²) >= 11 is 0. The summed E-state index contributed by atoms with van der Waals surface area (Å²) in [6, 6.07) is 0. The number of carbonyl (C=O) groups excluding carboxylic acids is 1. The Hall–Kier alpha value is -0.530. The van der Waals surface area contributed by atoms with E-state index in [2.05, 4.69) is 27.7 Å². The minimum absolute atomic E-state index is 0.228. The summed E-state index contributed by atoms with van der Waals surface area (Å²) in [7, 11) is 0. The highest BCUT2D eigenvalue weighted by Gasteiger charge is 2.41. The van der Waals surface area contributed by atoms with Crippen LogP contribution in [0.1, 0.15) is 53.9 Å². The SMILES string of the molecule is CCC(C)(C)C1(C)CCN(C(C)=O)CC1. The molecule has 0 aromatic heterocycles. The van der Waals surface area contributed by atoms with Crippen LogP contribution in [0.5, 0.6) is 0 Å². The molecule has 1 rings (SSSR count). The second kappa shape index (κ2) is 4.15. The Morgan fingerprint density at radius 3 is 2.13 bits per heavy atom. The van der Waals surface area contributed by atoms with Crippen molar-refractivity contribution in [2.24, 2.45) is 10.8 Å². The van der Waals surface area contributed by atoms with Crippen molar-refractivity contribution in [3.63, 3.8) is 0 Å². The molecule has 15 heavy (non-hydrogen) atoms.